The predicted octanol–water partition coefficient (Wildman–Crippen LogP) is 2.40. The van der Waals surface area contributed by atoms with Gasteiger partial charge >= 0.3 is 0 Å². The van der Waals surface area contributed by atoms with Gasteiger partial charge < -0.3 is 5.32 Å². The smallest absolute Gasteiger partial charge is 0.101 e. The zero-order valence-electron chi connectivity index (χ0n) is 8.81. The Balaban J connectivity index is 2.35. The molecule has 0 bridgehead atoms. The lowest BCUT2D eigenvalue weighted by molar-refractivity contribution is 1.26. The lowest BCUT2D eigenvalue weighted by Gasteiger charge is -2.09. The number of pyridine rings is 2. The molecular formula is C12H10N4. The highest BCUT2D eigenvalue weighted by Crippen LogP contribution is 2.20. The van der Waals surface area contributed by atoms with Gasteiger partial charge in [-0.15, -0.1) is 0 Å². The molecule has 0 radical (unpaired) electrons. The first-order valence-electron chi connectivity index (χ1n) is 4.83. The molecule has 1 N–H and O–H groups in total. The quantitative estimate of drug-likeness (QED) is 0.826. The molecule has 0 unspecified atom stereocenters. The molecule has 0 aliphatic carbocycles. The van der Waals surface area contributed by atoms with Crippen LogP contribution in [-0.2, 0) is 0 Å². The van der Waals surface area contributed by atoms with Gasteiger partial charge in [-0.05, 0) is 24.6 Å². The van der Waals surface area contributed by atoms with E-state index in [1.54, 1.807) is 30.9 Å². The summed E-state index contributed by atoms with van der Waals surface area (Å²) in [6, 6.07) is 5.69. The molecule has 0 aromatic carbocycles. The second-order valence-corrected chi connectivity index (χ2v) is 3.35. The molecule has 2 aromatic heterocycles. The van der Waals surface area contributed by atoms with Crippen LogP contribution in [-0.4, -0.2) is 9.97 Å². The molecule has 0 spiro atoms. The van der Waals surface area contributed by atoms with Gasteiger partial charge in [0.05, 0.1) is 29.3 Å². The average Bonchev–Trinajstić information content (AvgIpc) is 2.33. The van der Waals surface area contributed by atoms with Crippen molar-refractivity contribution in [1.29, 1.82) is 5.26 Å². The maximum Gasteiger partial charge on any atom is 0.101 e. The fourth-order valence-corrected chi connectivity index (χ4v) is 1.33. The lowest BCUT2D eigenvalue weighted by Crippen LogP contribution is -1.96. The van der Waals surface area contributed by atoms with Crippen molar-refractivity contribution in [3.8, 4) is 6.07 Å². The summed E-state index contributed by atoms with van der Waals surface area (Å²) in [4.78, 5) is 8.02. The van der Waals surface area contributed by atoms with Gasteiger partial charge in [0.1, 0.15) is 6.07 Å². The van der Waals surface area contributed by atoms with Gasteiger partial charge in [-0.25, -0.2) is 0 Å². The van der Waals surface area contributed by atoms with Crippen LogP contribution in [0.1, 0.15) is 11.1 Å². The summed E-state index contributed by atoms with van der Waals surface area (Å²) in [5.41, 5.74) is 3.22. The Labute approximate surface area is 93.6 Å². The normalized spacial score (nSPS) is 9.50. The van der Waals surface area contributed by atoms with Gasteiger partial charge in [0.25, 0.3) is 0 Å². The first kappa shape index (κ1) is 10.1. The minimum Gasteiger partial charge on any atom is -0.352 e. The van der Waals surface area contributed by atoms with E-state index in [1.807, 2.05) is 13.0 Å². The second kappa shape index (κ2) is 4.41. The van der Waals surface area contributed by atoms with Crippen LogP contribution in [0.3, 0.4) is 0 Å². The molecule has 0 saturated carbocycles. The van der Waals surface area contributed by atoms with Crippen molar-refractivity contribution in [3.05, 3.63) is 48.0 Å². The SMILES string of the molecule is Cc1ccncc1Nc1cnccc1C#N. The molecule has 0 fully saturated rings. The highest BCUT2D eigenvalue weighted by molar-refractivity contribution is 5.66. The fourth-order valence-electron chi connectivity index (χ4n) is 1.33. The minimum absolute atomic E-state index is 0.568. The van der Waals surface area contributed by atoms with E-state index in [4.69, 9.17) is 5.26 Å². The molecule has 2 rings (SSSR count). The van der Waals surface area contributed by atoms with Crippen molar-refractivity contribution in [2.45, 2.75) is 6.92 Å². The van der Waals surface area contributed by atoms with Gasteiger partial charge in [0, 0.05) is 12.4 Å². The molecule has 0 amide bonds. The lowest BCUT2D eigenvalue weighted by atomic mass is 10.2. The third-order valence-corrected chi connectivity index (χ3v) is 2.25. The number of nitriles is 1. The summed E-state index contributed by atoms with van der Waals surface area (Å²) in [5, 5.41) is 12.1. The summed E-state index contributed by atoms with van der Waals surface area (Å²) >= 11 is 0. The molecule has 78 valence electrons. The van der Waals surface area contributed by atoms with Crippen LogP contribution in [0, 0.1) is 18.3 Å². The van der Waals surface area contributed by atoms with Crippen LogP contribution in [0.5, 0.6) is 0 Å². The van der Waals surface area contributed by atoms with Crippen molar-refractivity contribution in [2.75, 3.05) is 5.32 Å². The van der Waals surface area contributed by atoms with Gasteiger partial charge in [0.2, 0.25) is 0 Å². The maximum absolute atomic E-state index is 8.93. The summed E-state index contributed by atoms with van der Waals surface area (Å²) < 4.78 is 0. The van der Waals surface area contributed by atoms with Gasteiger partial charge in [-0.3, -0.25) is 9.97 Å². The number of rotatable bonds is 2. The second-order valence-electron chi connectivity index (χ2n) is 3.35. The summed E-state index contributed by atoms with van der Waals surface area (Å²) in [6.07, 6.45) is 6.68. The highest BCUT2D eigenvalue weighted by Gasteiger charge is 2.03. The van der Waals surface area contributed by atoms with Gasteiger partial charge in [-0.2, -0.15) is 5.26 Å². The van der Waals surface area contributed by atoms with Crippen molar-refractivity contribution >= 4 is 11.4 Å². The Kier molecular flexibility index (Phi) is 2.79. The molecule has 2 heterocycles. The number of anilines is 2. The molecule has 16 heavy (non-hydrogen) atoms. The zero-order chi connectivity index (χ0) is 11.4. The average molecular weight is 210 g/mol. The van der Waals surface area contributed by atoms with Crippen LogP contribution in [0.25, 0.3) is 0 Å². The molecule has 0 aliphatic heterocycles. The summed E-state index contributed by atoms with van der Waals surface area (Å²) in [6.45, 7) is 1.98. The van der Waals surface area contributed by atoms with E-state index in [1.165, 1.54) is 0 Å². The molecular weight excluding hydrogens is 200 g/mol. The van der Waals surface area contributed by atoms with Gasteiger partial charge in [0.15, 0.2) is 0 Å². The molecule has 0 saturated heterocycles. The Morgan fingerprint density at radius 2 is 1.81 bits per heavy atom. The van der Waals surface area contributed by atoms with Crippen LogP contribution in [0.15, 0.2) is 36.9 Å². The predicted molar refractivity (Wildman–Crippen MR) is 61.2 cm³/mol. The van der Waals surface area contributed by atoms with Crippen LogP contribution >= 0.6 is 0 Å². The number of aromatic nitrogens is 2. The molecule has 2 aromatic rings. The van der Waals surface area contributed by atoms with Crippen LogP contribution in [0.2, 0.25) is 0 Å². The van der Waals surface area contributed by atoms with E-state index in [-0.39, 0.29) is 0 Å². The third-order valence-electron chi connectivity index (χ3n) is 2.25. The maximum atomic E-state index is 8.93. The summed E-state index contributed by atoms with van der Waals surface area (Å²) in [5.74, 6) is 0. The van der Waals surface area contributed by atoms with E-state index < -0.39 is 0 Å². The standard InChI is InChI=1S/C12H10N4/c1-9-2-4-14-7-11(9)16-12-8-15-5-3-10(12)6-13/h2-5,7-8,16H,1H3. The first-order chi connectivity index (χ1) is 7.81. The number of aryl methyl sites for hydroxylation is 1. The van der Waals surface area contributed by atoms with Crippen molar-refractivity contribution in [3.63, 3.8) is 0 Å². The van der Waals surface area contributed by atoms with Crippen molar-refractivity contribution < 1.29 is 0 Å². The number of nitrogens with one attached hydrogen (secondary N) is 1. The molecule has 4 nitrogen and oxygen atoms in total. The van der Waals surface area contributed by atoms with Crippen molar-refractivity contribution in [2.24, 2.45) is 0 Å². The Bertz CT molecular complexity index is 543. The summed E-state index contributed by atoms with van der Waals surface area (Å²) in [7, 11) is 0. The fraction of sp³-hybridized carbons (Fsp3) is 0.0833. The molecule has 0 aliphatic rings. The van der Waals surface area contributed by atoms with Gasteiger partial charge in [-0.1, -0.05) is 0 Å². The molecule has 0 atom stereocenters. The Hall–Kier alpha value is -2.41. The topological polar surface area (TPSA) is 61.6 Å². The van der Waals surface area contributed by atoms with Crippen LogP contribution in [0.4, 0.5) is 11.4 Å². The van der Waals surface area contributed by atoms with E-state index in [2.05, 4.69) is 21.4 Å². The van der Waals surface area contributed by atoms with E-state index >= 15 is 0 Å². The van der Waals surface area contributed by atoms with Crippen LogP contribution < -0.4 is 5.32 Å². The number of nitrogens with zero attached hydrogens (tertiary/aromatic N) is 3. The number of hydrogen-bond acceptors (Lipinski definition) is 4. The van der Waals surface area contributed by atoms with E-state index in [0.717, 1.165) is 11.3 Å². The first-order valence-corrected chi connectivity index (χ1v) is 4.83. The Morgan fingerprint density at radius 3 is 2.50 bits per heavy atom. The Morgan fingerprint density at radius 1 is 1.12 bits per heavy atom. The minimum atomic E-state index is 0.568. The van der Waals surface area contributed by atoms with E-state index in [9.17, 15) is 0 Å². The van der Waals surface area contributed by atoms with Crippen molar-refractivity contribution in [1.82, 2.24) is 9.97 Å². The third kappa shape index (κ3) is 1.98. The number of hydrogen-bond donors (Lipinski definition) is 1. The largest absolute Gasteiger partial charge is 0.352 e. The monoisotopic (exact) mass is 210 g/mol. The molecule has 4 heteroatoms. The van der Waals surface area contributed by atoms with E-state index in [0.29, 0.717) is 11.3 Å². The highest BCUT2D eigenvalue weighted by atomic mass is 14.9. The zero-order valence-corrected chi connectivity index (χ0v) is 8.81.